The number of thioether (sulfide) groups is 1. The molecule has 0 spiro atoms. The van der Waals surface area contributed by atoms with Crippen molar-refractivity contribution >= 4 is 46.6 Å². The highest BCUT2D eigenvalue weighted by molar-refractivity contribution is 8.01. The van der Waals surface area contributed by atoms with Crippen LogP contribution in [0.1, 0.15) is 4.88 Å². The van der Waals surface area contributed by atoms with Crippen LogP contribution in [-0.4, -0.2) is 28.1 Å². The van der Waals surface area contributed by atoms with E-state index in [0.29, 0.717) is 0 Å². The van der Waals surface area contributed by atoms with Crippen LogP contribution in [0.3, 0.4) is 0 Å². The van der Waals surface area contributed by atoms with E-state index < -0.39 is 0 Å². The number of amides is 1. The highest BCUT2D eigenvalue weighted by Gasteiger charge is 2.09. The molecule has 3 aromatic rings. The molecule has 0 radical (unpaired) electrons. The first-order valence-corrected chi connectivity index (χ1v) is 9.36. The summed E-state index contributed by atoms with van der Waals surface area (Å²) in [4.78, 5) is 12.7. The molecule has 8 heteroatoms. The molecule has 116 valence electrons. The Morgan fingerprint density at radius 3 is 2.87 bits per heavy atom. The van der Waals surface area contributed by atoms with Crippen LogP contribution >= 0.6 is 34.4 Å². The third-order valence-corrected chi connectivity index (χ3v) is 5.59. The number of hydrazone groups is 1. The minimum absolute atomic E-state index is 0.167. The summed E-state index contributed by atoms with van der Waals surface area (Å²) < 4.78 is 0.765. The van der Waals surface area contributed by atoms with Crippen molar-refractivity contribution < 1.29 is 4.79 Å². The summed E-state index contributed by atoms with van der Waals surface area (Å²) in [6, 6.07) is 13.7. The van der Waals surface area contributed by atoms with Crippen LogP contribution in [0.15, 0.2) is 57.3 Å². The van der Waals surface area contributed by atoms with E-state index in [1.807, 2.05) is 47.8 Å². The predicted octanol–water partition coefficient (Wildman–Crippen LogP) is 3.51. The van der Waals surface area contributed by atoms with Gasteiger partial charge in [-0.3, -0.25) is 4.79 Å². The highest BCUT2D eigenvalue weighted by atomic mass is 32.2. The zero-order valence-electron chi connectivity index (χ0n) is 11.9. The van der Waals surface area contributed by atoms with Crippen LogP contribution in [0.5, 0.6) is 0 Å². The summed E-state index contributed by atoms with van der Waals surface area (Å²) in [5.41, 5.74) is 3.53. The summed E-state index contributed by atoms with van der Waals surface area (Å²) >= 11 is 4.39. The van der Waals surface area contributed by atoms with E-state index in [1.54, 1.807) is 17.6 Å². The highest BCUT2D eigenvalue weighted by Crippen LogP contribution is 2.28. The second kappa shape index (κ2) is 8.00. The molecule has 2 heterocycles. The van der Waals surface area contributed by atoms with E-state index in [4.69, 9.17) is 0 Å². The SMILES string of the molecule is O=C(CSc1nnc(-c2ccccc2)s1)NN=Cc1cccs1. The first kappa shape index (κ1) is 15.9. The lowest BCUT2D eigenvalue weighted by atomic mass is 10.2. The smallest absolute Gasteiger partial charge is 0.250 e. The second-order valence-electron chi connectivity index (χ2n) is 4.34. The van der Waals surface area contributed by atoms with Gasteiger partial charge in [-0.05, 0) is 11.4 Å². The van der Waals surface area contributed by atoms with Gasteiger partial charge in [0.1, 0.15) is 5.01 Å². The van der Waals surface area contributed by atoms with Crippen molar-refractivity contribution in [3.63, 3.8) is 0 Å². The number of nitrogens with one attached hydrogen (secondary N) is 1. The van der Waals surface area contributed by atoms with E-state index in [-0.39, 0.29) is 11.7 Å². The minimum atomic E-state index is -0.167. The van der Waals surface area contributed by atoms with E-state index >= 15 is 0 Å². The van der Waals surface area contributed by atoms with Crippen LogP contribution < -0.4 is 5.43 Å². The monoisotopic (exact) mass is 360 g/mol. The van der Waals surface area contributed by atoms with Gasteiger partial charge in [-0.2, -0.15) is 5.10 Å². The molecule has 1 amide bonds. The maximum atomic E-state index is 11.7. The number of hydrogen-bond donors (Lipinski definition) is 1. The Kier molecular flexibility index (Phi) is 5.51. The normalized spacial score (nSPS) is 11.0. The Bertz CT molecular complexity index is 784. The lowest BCUT2D eigenvalue weighted by Gasteiger charge is -1.96. The molecule has 0 aliphatic heterocycles. The topological polar surface area (TPSA) is 67.2 Å². The lowest BCUT2D eigenvalue weighted by Crippen LogP contribution is -2.19. The van der Waals surface area contributed by atoms with Gasteiger partial charge in [0.15, 0.2) is 4.34 Å². The van der Waals surface area contributed by atoms with Gasteiger partial charge in [0.05, 0.1) is 12.0 Å². The molecule has 5 nitrogen and oxygen atoms in total. The summed E-state index contributed by atoms with van der Waals surface area (Å²) in [6.45, 7) is 0. The molecule has 0 saturated carbocycles. The van der Waals surface area contributed by atoms with Crippen molar-refractivity contribution in [1.29, 1.82) is 0 Å². The number of carbonyl (C=O) groups is 1. The lowest BCUT2D eigenvalue weighted by molar-refractivity contribution is -0.118. The first-order valence-electron chi connectivity index (χ1n) is 6.68. The van der Waals surface area contributed by atoms with Gasteiger partial charge in [0.25, 0.3) is 5.91 Å². The Labute approximate surface area is 145 Å². The van der Waals surface area contributed by atoms with Crippen LogP contribution in [-0.2, 0) is 4.79 Å². The number of hydrogen-bond acceptors (Lipinski definition) is 7. The van der Waals surface area contributed by atoms with Crippen LogP contribution in [0, 0.1) is 0 Å². The summed E-state index contributed by atoms with van der Waals surface area (Å²) in [6.07, 6.45) is 1.63. The molecule has 0 saturated heterocycles. The van der Waals surface area contributed by atoms with Crippen molar-refractivity contribution in [3.05, 3.63) is 52.7 Å². The Hall–Kier alpha value is -2.03. The van der Waals surface area contributed by atoms with Gasteiger partial charge in [0.2, 0.25) is 0 Å². The quantitative estimate of drug-likeness (QED) is 0.415. The molecule has 0 aliphatic rings. The fourth-order valence-electron chi connectivity index (χ4n) is 1.66. The minimum Gasteiger partial charge on any atom is -0.272 e. The van der Waals surface area contributed by atoms with Crippen molar-refractivity contribution in [2.75, 3.05) is 5.75 Å². The average Bonchev–Trinajstić information content (AvgIpc) is 3.25. The van der Waals surface area contributed by atoms with Crippen molar-refractivity contribution in [3.8, 4) is 10.6 Å². The van der Waals surface area contributed by atoms with E-state index in [1.165, 1.54) is 23.1 Å². The van der Waals surface area contributed by atoms with Crippen molar-refractivity contribution in [1.82, 2.24) is 15.6 Å². The van der Waals surface area contributed by atoms with Gasteiger partial charge in [-0.1, -0.05) is 59.5 Å². The van der Waals surface area contributed by atoms with Gasteiger partial charge >= 0.3 is 0 Å². The van der Waals surface area contributed by atoms with Gasteiger partial charge in [-0.15, -0.1) is 21.5 Å². The van der Waals surface area contributed by atoms with Crippen molar-refractivity contribution in [2.45, 2.75) is 4.34 Å². The molecule has 1 aromatic carbocycles. The van der Waals surface area contributed by atoms with Crippen LogP contribution in [0.4, 0.5) is 0 Å². The zero-order chi connectivity index (χ0) is 15.9. The average molecular weight is 360 g/mol. The molecule has 0 unspecified atom stereocenters. The maximum absolute atomic E-state index is 11.7. The first-order chi connectivity index (χ1) is 11.3. The molecule has 3 rings (SSSR count). The van der Waals surface area contributed by atoms with Gasteiger partial charge in [-0.25, -0.2) is 5.43 Å². The van der Waals surface area contributed by atoms with Gasteiger partial charge < -0.3 is 0 Å². The molecule has 0 bridgehead atoms. The number of nitrogens with zero attached hydrogens (tertiary/aromatic N) is 3. The third kappa shape index (κ3) is 4.72. The molecule has 0 atom stereocenters. The molecule has 0 fully saturated rings. The summed E-state index contributed by atoms with van der Waals surface area (Å²) in [5.74, 6) is 0.0878. The maximum Gasteiger partial charge on any atom is 0.250 e. The molecule has 23 heavy (non-hydrogen) atoms. The predicted molar refractivity (Wildman–Crippen MR) is 96.1 cm³/mol. The Morgan fingerprint density at radius 1 is 1.22 bits per heavy atom. The number of carbonyl (C=O) groups excluding carboxylic acids is 1. The number of thiophene rings is 1. The fraction of sp³-hybridized carbons (Fsp3) is 0.0667. The van der Waals surface area contributed by atoms with Crippen LogP contribution in [0.25, 0.3) is 10.6 Å². The van der Waals surface area contributed by atoms with E-state index in [0.717, 1.165) is 19.8 Å². The molecule has 2 aromatic heterocycles. The van der Waals surface area contributed by atoms with Crippen molar-refractivity contribution in [2.24, 2.45) is 5.10 Å². The zero-order valence-corrected chi connectivity index (χ0v) is 14.3. The second-order valence-corrected chi connectivity index (χ2v) is 7.52. The fourth-order valence-corrected chi connectivity index (χ4v) is 3.89. The third-order valence-electron chi connectivity index (χ3n) is 2.68. The molecular weight excluding hydrogens is 348 g/mol. The summed E-state index contributed by atoms with van der Waals surface area (Å²) in [5, 5.41) is 15.0. The van der Waals surface area contributed by atoms with Gasteiger partial charge in [0, 0.05) is 10.4 Å². The van der Waals surface area contributed by atoms with E-state index in [2.05, 4.69) is 20.7 Å². The largest absolute Gasteiger partial charge is 0.272 e. The number of aromatic nitrogens is 2. The van der Waals surface area contributed by atoms with Crippen LogP contribution in [0.2, 0.25) is 0 Å². The summed E-state index contributed by atoms with van der Waals surface area (Å²) in [7, 11) is 0. The Balaban J connectivity index is 1.49. The standard InChI is InChI=1S/C15H12N4OS3/c20-13(17-16-9-12-7-4-8-21-12)10-22-15-19-18-14(23-15)11-5-2-1-3-6-11/h1-9H,10H2,(H,17,20). The Morgan fingerprint density at radius 2 is 2.09 bits per heavy atom. The molecular formula is C15H12N4OS3. The van der Waals surface area contributed by atoms with E-state index in [9.17, 15) is 4.79 Å². The number of benzene rings is 1. The number of rotatable bonds is 6. The molecule has 0 aliphatic carbocycles. The molecule has 1 N–H and O–H groups in total.